The van der Waals surface area contributed by atoms with Gasteiger partial charge < -0.3 is 19.3 Å². The number of hydrogen-bond donors (Lipinski definition) is 1. The molecule has 2 aliphatic heterocycles. The molecule has 222 valence electrons. The van der Waals surface area contributed by atoms with E-state index in [2.05, 4.69) is 6.92 Å². The summed E-state index contributed by atoms with van der Waals surface area (Å²) in [5, 5.41) is 12.0. The molecule has 3 heterocycles. The van der Waals surface area contributed by atoms with Gasteiger partial charge in [-0.05, 0) is 79.9 Å². The van der Waals surface area contributed by atoms with Crippen molar-refractivity contribution in [1.29, 1.82) is 0 Å². The third kappa shape index (κ3) is 5.57. The Labute approximate surface area is 254 Å². The fraction of sp³-hybridized carbons (Fsp3) is 0.324. The number of carbonyl (C=O) groups is 2. The van der Waals surface area contributed by atoms with E-state index in [9.17, 15) is 14.7 Å². The molecule has 8 nitrogen and oxygen atoms in total. The maximum absolute atomic E-state index is 13.7. The maximum Gasteiger partial charge on any atom is 0.301 e. The van der Waals surface area contributed by atoms with E-state index in [0.29, 0.717) is 52.9 Å². The first kappa shape index (κ1) is 28.7. The van der Waals surface area contributed by atoms with Crippen molar-refractivity contribution in [3.63, 3.8) is 0 Å². The van der Waals surface area contributed by atoms with Crippen molar-refractivity contribution in [3.05, 3.63) is 82.9 Å². The first-order valence-electron chi connectivity index (χ1n) is 14.7. The van der Waals surface area contributed by atoms with Gasteiger partial charge in [0.1, 0.15) is 29.1 Å². The second-order valence-corrected chi connectivity index (χ2v) is 11.8. The van der Waals surface area contributed by atoms with Gasteiger partial charge in [0.05, 0.1) is 35.0 Å². The standard InChI is InChI=1S/C34H34N2O6S/c1-4-6-7-16-41-24-11-8-21(9-12-24)30-29(31(37)22-10-15-27-23(18-22)17-20(3)42-27)32(38)33(39)36(30)34-35-26-14-13-25(40-5-2)19-28(26)43-34/h8-15,18-20,30,37H,4-7,16-17H2,1-3H3/b31-29+/t20-,30-/m1/s1. The predicted molar refractivity (Wildman–Crippen MR) is 167 cm³/mol. The molecule has 1 fully saturated rings. The van der Waals surface area contributed by atoms with Gasteiger partial charge in [-0.3, -0.25) is 14.5 Å². The molecular formula is C34H34N2O6S. The number of rotatable bonds is 10. The van der Waals surface area contributed by atoms with Gasteiger partial charge in [0, 0.05) is 12.0 Å². The monoisotopic (exact) mass is 598 g/mol. The molecule has 9 heteroatoms. The van der Waals surface area contributed by atoms with Crippen molar-refractivity contribution < 1.29 is 28.9 Å². The zero-order valence-electron chi connectivity index (χ0n) is 24.5. The highest BCUT2D eigenvalue weighted by Gasteiger charge is 2.48. The zero-order valence-corrected chi connectivity index (χ0v) is 25.3. The number of fused-ring (bicyclic) bond motifs is 2. The molecule has 0 radical (unpaired) electrons. The molecule has 3 aromatic carbocycles. The van der Waals surface area contributed by atoms with Crippen molar-refractivity contribution in [2.75, 3.05) is 18.1 Å². The van der Waals surface area contributed by atoms with E-state index < -0.39 is 17.7 Å². The summed E-state index contributed by atoms with van der Waals surface area (Å²) >= 11 is 1.30. The van der Waals surface area contributed by atoms with E-state index in [1.54, 1.807) is 12.1 Å². The Morgan fingerprint density at radius 3 is 2.58 bits per heavy atom. The number of anilines is 1. The molecule has 1 aromatic heterocycles. The van der Waals surface area contributed by atoms with Crippen molar-refractivity contribution in [3.8, 4) is 17.2 Å². The van der Waals surface area contributed by atoms with Gasteiger partial charge in [-0.25, -0.2) is 4.98 Å². The van der Waals surface area contributed by atoms with E-state index in [1.165, 1.54) is 16.2 Å². The summed E-state index contributed by atoms with van der Waals surface area (Å²) in [5.41, 5.74) is 2.77. The number of thiazole rings is 1. The Bertz CT molecular complexity index is 1710. The van der Waals surface area contributed by atoms with Gasteiger partial charge in [-0.1, -0.05) is 43.2 Å². The number of ether oxygens (including phenoxy) is 3. The molecule has 0 bridgehead atoms. The van der Waals surface area contributed by atoms with Crippen molar-refractivity contribution in [1.82, 2.24) is 4.98 Å². The van der Waals surface area contributed by atoms with E-state index in [4.69, 9.17) is 19.2 Å². The van der Waals surface area contributed by atoms with Crippen LogP contribution in [-0.4, -0.2) is 41.1 Å². The highest BCUT2D eigenvalue weighted by Crippen LogP contribution is 2.45. The molecule has 1 N–H and O–H groups in total. The van der Waals surface area contributed by atoms with Gasteiger partial charge in [0.25, 0.3) is 5.78 Å². The van der Waals surface area contributed by atoms with Crippen LogP contribution in [0.25, 0.3) is 16.0 Å². The van der Waals surface area contributed by atoms with Gasteiger partial charge in [0.15, 0.2) is 5.13 Å². The number of carbonyl (C=O) groups excluding carboxylic acids is 2. The van der Waals surface area contributed by atoms with E-state index in [1.807, 2.05) is 62.4 Å². The van der Waals surface area contributed by atoms with Crippen LogP contribution in [0.4, 0.5) is 5.13 Å². The Morgan fingerprint density at radius 1 is 1.02 bits per heavy atom. The number of amides is 1. The molecule has 43 heavy (non-hydrogen) atoms. The SMILES string of the molecule is CCCCCOc1ccc([C@@H]2/C(=C(\O)c3ccc4c(c3)C[C@@H](C)O4)C(=O)C(=O)N2c2nc3ccc(OCC)cc3s2)cc1. The van der Waals surface area contributed by atoms with Crippen molar-refractivity contribution in [2.24, 2.45) is 0 Å². The summed E-state index contributed by atoms with van der Waals surface area (Å²) in [7, 11) is 0. The van der Waals surface area contributed by atoms with Crippen LogP contribution in [0, 0.1) is 0 Å². The smallest absolute Gasteiger partial charge is 0.301 e. The van der Waals surface area contributed by atoms with Crippen molar-refractivity contribution >= 4 is 44.1 Å². The first-order chi connectivity index (χ1) is 20.9. The molecular weight excluding hydrogens is 564 g/mol. The van der Waals surface area contributed by atoms with Gasteiger partial charge in [-0.15, -0.1) is 0 Å². The maximum atomic E-state index is 13.7. The lowest BCUT2D eigenvalue weighted by atomic mass is 9.94. The predicted octanol–water partition coefficient (Wildman–Crippen LogP) is 7.21. The molecule has 0 saturated carbocycles. The number of Topliss-reactive ketones (excluding diaryl/α,β-unsaturated/α-hetero) is 1. The topological polar surface area (TPSA) is 98.2 Å². The van der Waals surface area contributed by atoms with Crippen LogP contribution >= 0.6 is 11.3 Å². The number of hydrogen-bond acceptors (Lipinski definition) is 8. The fourth-order valence-corrected chi connectivity index (χ4v) is 6.63. The Morgan fingerprint density at radius 2 is 1.81 bits per heavy atom. The van der Waals surface area contributed by atoms with Gasteiger partial charge in [0.2, 0.25) is 0 Å². The second kappa shape index (κ2) is 12.1. The average molecular weight is 599 g/mol. The third-order valence-electron chi connectivity index (χ3n) is 7.69. The number of aromatic nitrogens is 1. The minimum Gasteiger partial charge on any atom is -0.507 e. The molecule has 0 unspecified atom stereocenters. The molecule has 4 aromatic rings. The van der Waals surface area contributed by atoms with Crippen LogP contribution in [0.15, 0.2) is 66.2 Å². The summed E-state index contributed by atoms with van der Waals surface area (Å²) < 4.78 is 18.2. The number of nitrogens with zero attached hydrogens (tertiary/aromatic N) is 2. The number of aliphatic hydroxyl groups is 1. The summed E-state index contributed by atoms with van der Waals surface area (Å²) in [4.78, 5) is 33.5. The lowest BCUT2D eigenvalue weighted by Gasteiger charge is -2.23. The molecule has 2 atom stereocenters. The number of aliphatic hydroxyl groups excluding tert-OH is 1. The minimum atomic E-state index is -0.885. The summed E-state index contributed by atoms with van der Waals surface area (Å²) in [5.74, 6) is 0.431. The largest absolute Gasteiger partial charge is 0.507 e. The molecule has 0 spiro atoms. The number of ketones is 1. The normalized spacial score (nSPS) is 19.1. The van der Waals surface area contributed by atoms with Crippen LogP contribution in [0.3, 0.4) is 0 Å². The Hall–Kier alpha value is -4.37. The third-order valence-corrected chi connectivity index (χ3v) is 8.71. The number of benzene rings is 3. The Kier molecular flexibility index (Phi) is 8.08. The quantitative estimate of drug-likeness (QED) is 0.0891. The highest BCUT2D eigenvalue weighted by molar-refractivity contribution is 7.22. The molecule has 0 aliphatic carbocycles. The van der Waals surface area contributed by atoms with Crippen LogP contribution < -0.4 is 19.1 Å². The van der Waals surface area contributed by atoms with Crippen LogP contribution in [-0.2, 0) is 16.0 Å². The lowest BCUT2D eigenvalue weighted by molar-refractivity contribution is -0.132. The van der Waals surface area contributed by atoms with E-state index in [-0.39, 0.29) is 17.4 Å². The van der Waals surface area contributed by atoms with Gasteiger partial charge >= 0.3 is 5.91 Å². The lowest BCUT2D eigenvalue weighted by Crippen LogP contribution is -2.29. The highest BCUT2D eigenvalue weighted by atomic mass is 32.1. The van der Waals surface area contributed by atoms with Crippen LogP contribution in [0.5, 0.6) is 17.2 Å². The van der Waals surface area contributed by atoms with Crippen LogP contribution in [0.1, 0.15) is 62.8 Å². The molecule has 6 rings (SSSR count). The zero-order chi connectivity index (χ0) is 30.1. The molecule has 2 aliphatic rings. The van der Waals surface area contributed by atoms with E-state index in [0.717, 1.165) is 35.3 Å². The van der Waals surface area contributed by atoms with Crippen molar-refractivity contribution in [2.45, 2.75) is 58.6 Å². The molecule has 1 amide bonds. The van der Waals surface area contributed by atoms with Crippen LogP contribution in [0.2, 0.25) is 0 Å². The summed E-state index contributed by atoms with van der Waals surface area (Å²) in [6.07, 6.45) is 3.89. The van der Waals surface area contributed by atoms with E-state index >= 15 is 0 Å². The summed E-state index contributed by atoms with van der Waals surface area (Å²) in [6.45, 7) is 7.18. The Balaban J connectivity index is 1.43. The number of unbranched alkanes of at least 4 members (excludes halogenated alkanes) is 2. The minimum absolute atomic E-state index is 0.0165. The summed E-state index contributed by atoms with van der Waals surface area (Å²) in [6, 6.07) is 17.4. The van der Waals surface area contributed by atoms with Gasteiger partial charge in [-0.2, -0.15) is 0 Å². The molecule has 1 saturated heterocycles. The fourth-order valence-electron chi connectivity index (χ4n) is 5.61. The average Bonchev–Trinajstić information content (AvgIpc) is 3.67. The second-order valence-electron chi connectivity index (χ2n) is 10.8. The first-order valence-corrected chi connectivity index (χ1v) is 15.6.